The van der Waals surface area contributed by atoms with E-state index in [0.29, 0.717) is 10.9 Å². The number of likely N-dealkylation sites (tertiary alicyclic amines) is 1. The number of amidine groups is 1. The van der Waals surface area contributed by atoms with Gasteiger partial charge in [0.1, 0.15) is 5.51 Å². The number of aromatic nitrogens is 2. The van der Waals surface area contributed by atoms with Crippen LogP contribution in [-0.4, -0.2) is 45.0 Å². The lowest BCUT2D eigenvalue weighted by atomic mass is 10.1. The highest BCUT2D eigenvalue weighted by Gasteiger charge is 2.17. The molecule has 0 atom stereocenters. The van der Waals surface area contributed by atoms with E-state index in [4.69, 9.17) is 4.99 Å². The van der Waals surface area contributed by atoms with Crippen LogP contribution in [0.5, 0.6) is 0 Å². The molecule has 0 radical (unpaired) electrons. The Hall–Kier alpha value is -1.93. The Morgan fingerprint density at radius 2 is 2.04 bits per heavy atom. The Labute approximate surface area is 149 Å². The van der Waals surface area contributed by atoms with Crippen LogP contribution in [0, 0.1) is 0 Å². The highest BCUT2D eigenvalue weighted by Crippen LogP contribution is 2.21. The Bertz CT molecular complexity index is 669. The summed E-state index contributed by atoms with van der Waals surface area (Å²) in [6.07, 6.45) is 3.61. The first kappa shape index (κ1) is 16.9. The predicted octanol–water partition coefficient (Wildman–Crippen LogP) is 3.38. The summed E-state index contributed by atoms with van der Waals surface area (Å²) in [7, 11) is 0. The van der Waals surface area contributed by atoms with Crippen molar-refractivity contribution in [3.05, 3.63) is 35.8 Å². The summed E-state index contributed by atoms with van der Waals surface area (Å²) in [5.74, 6) is 0.219. The van der Waals surface area contributed by atoms with Crippen molar-refractivity contribution in [1.29, 1.82) is 0 Å². The summed E-state index contributed by atoms with van der Waals surface area (Å²) in [5.41, 5.74) is 2.51. The summed E-state index contributed by atoms with van der Waals surface area (Å²) in [6, 6.07) is 9.87. The molecular formula is C16H19N5OS2. The SMILES string of the molecule is O=C(CSC(=Nc1ccccc1)N1CCCCC1)Nc1nncs1. The molecule has 1 saturated heterocycles. The largest absolute Gasteiger partial charge is 0.351 e. The van der Waals surface area contributed by atoms with Gasteiger partial charge in [-0.25, -0.2) is 4.99 Å². The number of hydrogen-bond donors (Lipinski definition) is 1. The van der Waals surface area contributed by atoms with Crippen molar-refractivity contribution in [2.24, 2.45) is 4.99 Å². The maximum atomic E-state index is 12.1. The van der Waals surface area contributed by atoms with Crippen LogP contribution in [0.4, 0.5) is 10.8 Å². The molecule has 8 heteroatoms. The second kappa shape index (κ2) is 8.79. The standard InChI is InChI=1S/C16H19N5OS2/c22-14(19-15-20-17-12-24-15)11-23-16(21-9-5-2-6-10-21)18-13-7-3-1-4-8-13/h1,3-4,7-8,12H,2,5-6,9-11H2,(H,19,20,22). The van der Waals surface area contributed by atoms with Crippen molar-refractivity contribution in [1.82, 2.24) is 15.1 Å². The molecule has 0 spiro atoms. The van der Waals surface area contributed by atoms with Gasteiger partial charge in [0, 0.05) is 13.1 Å². The Morgan fingerprint density at radius 3 is 2.75 bits per heavy atom. The van der Waals surface area contributed by atoms with Gasteiger partial charge in [0.05, 0.1) is 11.4 Å². The van der Waals surface area contributed by atoms with Crippen molar-refractivity contribution in [3.8, 4) is 0 Å². The molecule has 0 unspecified atom stereocenters. The fourth-order valence-corrected chi connectivity index (χ4v) is 3.73. The van der Waals surface area contributed by atoms with E-state index in [2.05, 4.69) is 20.4 Å². The molecule has 1 amide bonds. The minimum atomic E-state index is -0.0884. The van der Waals surface area contributed by atoms with Gasteiger partial charge in [0.15, 0.2) is 5.17 Å². The van der Waals surface area contributed by atoms with Crippen molar-refractivity contribution < 1.29 is 4.79 Å². The van der Waals surface area contributed by atoms with Crippen LogP contribution in [0.3, 0.4) is 0 Å². The first-order chi connectivity index (χ1) is 11.8. The molecule has 1 aromatic carbocycles. The van der Waals surface area contributed by atoms with E-state index in [9.17, 15) is 4.79 Å². The van der Waals surface area contributed by atoms with Crippen molar-refractivity contribution in [3.63, 3.8) is 0 Å². The number of piperidine rings is 1. The van der Waals surface area contributed by atoms with Crippen molar-refractivity contribution in [2.75, 3.05) is 24.2 Å². The normalized spacial score (nSPS) is 15.3. The molecule has 1 fully saturated rings. The number of nitrogens with one attached hydrogen (secondary N) is 1. The lowest BCUT2D eigenvalue weighted by Crippen LogP contribution is -2.34. The zero-order valence-electron chi connectivity index (χ0n) is 13.2. The Morgan fingerprint density at radius 1 is 1.25 bits per heavy atom. The van der Waals surface area contributed by atoms with Crippen LogP contribution in [0.1, 0.15) is 19.3 Å². The van der Waals surface area contributed by atoms with Gasteiger partial charge in [-0.05, 0) is 31.4 Å². The van der Waals surface area contributed by atoms with E-state index in [1.807, 2.05) is 30.3 Å². The molecule has 0 bridgehead atoms. The third-order valence-corrected chi connectivity index (χ3v) is 5.17. The molecule has 3 rings (SSSR count). The van der Waals surface area contributed by atoms with Gasteiger partial charge in [-0.3, -0.25) is 10.1 Å². The summed E-state index contributed by atoms with van der Waals surface area (Å²) >= 11 is 2.79. The number of rotatable bonds is 4. The summed E-state index contributed by atoms with van der Waals surface area (Å²) in [6.45, 7) is 1.99. The lowest BCUT2D eigenvalue weighted by molar-refractivity contribution is -0.113. The van der Waals surface area contributed by atoms with Gasteiger partial charge in [0.25, 0.3) is 0 Å². The fourth-order valence-electron chi connectivity index (χ4n) is 2.41. The summed E-state index contributed by atoms with van der Waals surface area (Å²) in [4.78, 5) is 19.1. The second-order valence-electron chi connectivity index (χ2n) is 5.36. The topological polar surface area (TPSA) is 70.5 Å². The molecule has 1 N–H and O–H groups in total. The smallest absolute Gasteiger partial charge is 0.236 e. The van der Waals surface area contributed by atoms with Crippen LogP contribution in [0.2, 0.25) is 0 Å². The maximum absolute atomic E-state index is 12.1. The molecule has 1 aliphatic heterocycles. The van der Waals surface area contributed by atoms with Crippen LogP contribution in [-0.2, 0) is 4.79 Å². The van der Waals surface area contributed by atoms with Gasteiger partial charge < -0.3 is 4.90 Å². The quantitative estimate of drug-likeness (QED) is 0.668. The molecule has 1 aliphatic rings. The first-order valence-electron chi connectivity index (χ1n) is 7.89. The van der Waals surface area contributed by atoms with E-state index >= 15 is 0 Å². The van der Waals surface area contributed by atoms with Gasteiger partial charge in [-0.2, -0.15) is 0 Å². The van der Waals surface area contributed by atoms with Gasteiger partial charge in [-0.1, -0.05) is 41.3 Å². The van der Waals surface area contributed by atoms with Gasteiger partial charge >= 0.3 is 0 Å². The number of thioether (sulfide) groups is 1. The molecular weight excluding hydrogens is 342 g/mol. The van der Waals surface area contributed by atoms with Crippen LogP contribution in [0.25, 0.3) is 0 Å². The average Bonchev–Trinajstić information content (AvgIpc) is 3.13. The number of benzene rings is 1. The predicted molar refractivity (Wildman–Crippen MR) is 100.0 cm³/mol. The zero-order chi connectivity index (χ0) is 16.6. The molecule has 0 aliphatic carbocycles. The Kier molecular flexibility index (Phi) is 6.20. The third-order valence-electron chi connectivity index (χ3n) is 3.55. The number of hydrogen-bond acceptors (Lipinski definition) is 6. The highest BCUT2D eigenvalue weighted by atomic mass is 32.2. The number of carbonyl (C=O) groups is 1. The highest BCUT2D eigenvalue weighted by molar-refractivity contribution is 8.14. The monoisotopic (exact) mass is 361 g/mol. The molecule has 0 saturated carbocycles. The van der Waals surface area contributed by atoms with Crippen molar-refractivity contribution in [2.45, 2.75) is 19.3 Å². The zero-order valence-corrected chi connectivity index (χ0v) is 14.9. The number of amides is 1. The van der Waals surface area contributed by atoms with Crippen LogP contribution < -0.4 is 5.32 Å². The number of nitrogens with zero attached hydrogens (tertiary/aromatic N) is 4. The minimum Gasteiger partial charge on any atom is -0.351 e. The van der Waals surface area contributed by atoms with Gasteiger partial charge in [0.2, 0.25) is 11.0 Å². The minimum absolute atomic E-state index is 0.0884. The van der Waals surface area contributed by atoms with E-state index < -0.39 is 0 Å². The second-order valence-corrected chi connectivity index (χ2v) is 7.13. The number of aliphatic imine (C=N–C) groups is 1. The third kappa shape index (κ3) is 5.04. The fraction of sp³-hybridized carbons (Fsp3) is 0.375. The molecule has 24 heavy (non-hydrogen) atoms. The average molecular weight is 361 g/mol. The molecule has 126 valence electrons. The first-order valence-corrected chi connectivity index (χ1v) is 9.75. The maximum Gasteiger partial charge on any atom is 0.236 e. The lowest BCUT2D eigenvalue weighted by Gasteiger charge is -2.29. The van der Waals surface area contributed by atoms with Crippen LogP contribution >= 0.6 is 23.1 Å². The number of carbonyl (C=O) groups excluding carboxylic acids is 1. The molecule has 1 aromatic heterocycles. The summed E-state index contributed by atoms with van der Waals surface area (Å²) in [5, 5.41) is 11.7. The van der Waals surface area contributed by atoms with E-state index in [1.54, 1.807) is 5.51 Å². The van der Waals surface area contributed by atoms with E-state index in [1.165, 1.54) is 42.4 Å². The number of anilines is 1. The summed E-state index contributed by atoms with van der Waals surface area (Å²) < 4.78 is 0. The molecule has 2 heterocycles. The van der Waals surface area contributed by atoms with Crippen molar-refractivity contribution >= 4 is 45.0 Å². The van der Waals surface area contributed by atoms with E-state index in [0.717, 1.165) is 23.9 Å². The number of para-hydroxylation sites is 1. The van der Waals surface area contributed by atoms with E-state index in [-0.39, 0.29) is 5.91 Å². The van der Waals surface area contributed by atoms with Crippen LogP contribution in [0.15, 0.2) is 40.8 Å². The molecule has 2 aromatic rings. The molecule has 6 nitrogen and oxygen atoms in total. The Balaban J connectivity index is 1.65. The van der Waals surface area contributed by atoms with Gasteiger partial charge in [-0.15, -0.1) is 10.2 Å².